The van der Waals surface area contributed by atoms with Crippen molar-refractivity contribution in [1.29, 1.82) is 0 Å². The topological polar surface area (TPSA) is 40.5 Å². The molecule has 0 aliphatic heterocycles. The van der Waals surface area contributed by atoms with Gasteiger partial charge in [-0.25, -0.2) is 0 Å². The van der Waals surface area contributed by atoms with E-state index in [1.807, 2.05) is 30.3 Å². The van der Waals surface area contributed by atoms with Crippen LogP contribution in [0.3, 0.4) is 0 Å². The van der Waals surface area contributed by atoms with Crippen LogP contribution in [0, 0.1) is 5.92 Å². The van der Waals surface area contributed by atoms with Gasteiger partial charge in [-0.1, -0.05) is 43.2 Å². The van der Waals surface area contributed by atoms with Gasteiger partial charge in [0, 0.05) is 0 Å². The molecule has 2 heteroatoms. The molecule has 0 aromatic heterocycles. The third-order valence-electron chi connectivity index (χ3n) is 3.86. The lowest BCUT2D eigenvalue weighted by Gasteiger charge is -2.19. The monoisotopic (exact) mass is 234 g/mol. The number of hydrogen-bond acceptors (Lipinski definition) is 2. The summed E-state index contributed by atoms with van der Waals surface area (Å²) in [5.41, 5.74) is 0.950. The first-order chi connectivity index (χ1) is 8.27. The summed E-state index contributed by atoms with van der Waals surface area (Å²) >= 11 is 0. The molecule has 2 rings (SSSR count). The van der Waals surface area contributed by atoms with Crippen molar-refractivity contribution in [2.45, 2.75) is 50.7 Å². The molecule has 17 heavy (non-hydrogen) atoms. The fourth-order valence-corrected chi connectivity index (χ4v) is 2.75. The maximum absolute atomic E-state index is 10.0. The van der Waals surface area contributed by atoms with E-state index >= 15 is 0 Å². The SMILES string of the molecule is OC(CCC(O)C1CCCC1)c1ccccc1. The molecule has 0 saturated heterocycles. The van der Waals surface area contributed by atoms with Crippen LogP contribution >= 0.6 is 0 Å². The Bertz CT molecular complexity index is 317. The van der Waals surface area contributed by atoms with E-state index in [1.165, 1.54) is 12.8 Å². The zero-order valence-corrected chi connectivity index (χ0v) is 10.3. The lowest BCUT2D eigenvalue weighted by Crippen LogP contribution is -2.18. The summed E-state index contributed by atoms with van der Waals surface area (Å²) in [6.45, 7) is 0. The molecule has 2 N–H and O–H groups in total. The Morgan fingerprint density at radius 2 is 1.65 bits per heavy atom. The minimum absolute atomic E-state index is 0.226. The molecule has 94 valence electrons. The summed E-state index contributed by atoms with van der Waals surface area (Å²) in [6, 6.07) is 9.70. The van der Waals surface area contributed by atoms with E-state index < -0.39 is 6.10 Å². The third-order valence-corrected chi connectivity index (χ3v) is 3.86. The van der Waals surface area contributed by atoms with Gasteiger partial charge in [0.1, 0.15) is 0 Å². The first kappa shape index (κ1) is 12.6. The van der Waals surface area contributed by atoms with E-state index in [-0.39, 0.29) is 6.10 Å². The Balaban J connectivity index is 1.77. The molecule has 0 bridgehead atoms. The van der Waals surface area contributed by atoms with Crippen molar-refractivity contribution in [2.24, 2.45) is 5.92 Å². The molecule has 1 aromatic carbocycles. The van der Waals surface area contributed by atoms with Crippen LogP contribution in [0.15, 0.2) is 30.3 Å². The maximum atomic E-state index is 10.0. The van der Waals surface area contributed by atoms with Crippen LogP contribution in [0.25, 0.3) is 0 Å². The second-order valence-electron chi connectivity index (χ2n) is 5.12. The normalized spacial score (nSPS) is 20.4. The van der Waals surface area contributed by atoms with Crippen LogP contribution < -0.4 is 0 Å². The number of aliphatic hydroxyl groups excluding tert-OH is 2. The van der Waals surface area contributed by atoms with Gasteiger partial charge in [-0.05, 0) is 37.2 Å². The van der Waals surface area contributed by atoms with Gasteiger partial charge < -0.3 is 10.2 Å². The van der Waals surface area contributed by atoms with Gasteiger partial charge in [0.15, 0.2) is 0 Å². The van der Waals surface area contributed by atoms with Crippen molar-refractivity contribution < 1.29 is 10.2 Å². The zero-order valence-electron chi connectivity index (χ0n) is 10.3. The van der Waals surface area contributed by atoms with Crippen molar-refractivity contribution in [3.8, 4) is 0 Å². The number of rotatable bonds is 5. The van der Waals surface area contributed by atoms with Gasteiger partial charge in [-0.2, -0.15) is 0 Å². The van der Waals surface area contributed by atoms with Gasteiger partial charge in [0.2, 0.25) is 0 Å². The van der Waals surface area contributed by atoms with E-state index in [9.17, 15) is 10.2 Å². The van der Waals surface area contributed by atoms with Crippen molar-refractivity contribution >= 4 is 0 Å². The molecular weight excluding hydrogens is 212 g/mol. The molecule has 1 aromatic rings. The van der Waals surface area contributed by atoms with Crippen molar-refractivity contribution in [3.63, 3.8) is 0 Å². The Labute approximate surface area is 103 Å². The van der Waals surface area contributed by atoms with Crippen molar-refractivity contribution in [2.75, 3.05) is 0 Å². The van der Waals surface area contributed by atoms with Gasteiger partial charge >= 0.3 is 0 Å². The van der Waals surface area contributed by atoms with Gasteiger partial charge in [0.05, 0.1) is 12.2 Å². The Morgan fingerprint density at radius 3 is 2.29 bits per heavy atom. The predicted octanol–water partition coefficient (Wildman–Crippen LogP) is 3.05. The second-order valence-corrected chi connectivity index (χ2v) is 5.12. The van der Waals surface area contributed by atoms with E-state index in [4.69, 9.17) is 0 Å². The molecule has 1 aliphatic rings. The summed E-state index contributed by atoms with van der Waals surface area (Å²) < 4.78 is 0. The Morgan fingerprint density at radius 1 is 1.00 bits per heavy atom. The second kappa shape index (κ2) is 6.18. The van der Waals surface area contributed by atoms with Crippen LogP contribution in [0.1, 0.15) is 50.2 Å². The first-order valence-corrected chi connectivity index (χ1v) is 6.68. The molecule has 2 unspecified atom stereocenters. The fraction of sp³-hybridized carbons (Fsp3) is 0.600. The van der Waals surface area contributed by atoms with Crippen LogP contribution in [-0.4, -0.2) is 16.3 Å². The summed E-state index contributed by atoms with van der Waals surface area (Å²) in [5, 5.41) is 20.0. The predicted molar refractivity (Wildman–Crippen MR) is 68.6 cm³/mol. The molecule has 2 atom stereocenters. The van der Waals surface area contributed by atoms with Crippen LogP contribution in [-0.2, 0) is 0 Å². The molecule has 0 amide bonds. The Kier molecular flexibility index (Phi) is 4.57. The molecule has 1 saturated carbocycles. The van der Waals surface area contributed by atoms with Gasteiger partial charge in [-0.15, -0.1) is 0 Å². The average Bonchev–Trinajstić information content (AvgIpc) is 2.90. The molecule has 2 nitrogen and oxygen atoms in total. The van der Waals surface area contributed by atoms with E-state index in [2.05, 4.69) is 0 Å². The molecule has 1 aliphatic carbocycles. The van der Waals surface area contributed by atoms with Crippen LogP contribution in [0.2, 0.25) is 0 Å². The average molecular weight is 234 g/mol. The summed E-state index contributed by atoms with van der Waals surface area (Å²) in [5.74, 6) is 0.470. The number of aliphatic hydroxyl groups is 2. The molecule has 1 fully saturated rings. The molecule has 0 heterocycles. The third kappa shape index (κ3) is 3.55. The highest BCUT2D eigenvalue weighted by Crippen LogP contribution is 2.30. The number of benzene rings is 1. The Hall–Kier alpha value is -0.860. The van der Waals surface area contributed by atoms with Gasteiger partial charge in [-0.3, -0.25) is 0 Å². The molecule has 0 radical (unpaired) electrons. The lowest BCUT2D eigenvalue weighted by atomic mass is 9.94. The highest BCUT2D eigenvalue weighted by molar-refractivity contribution is 5.17. The highest BCUT2D eigenvalue weighted by Gasteiger charge is 2.23. The minimum atomic E-state index is -0.438. The van der Waals surface area contributed by atoms with Crippen molar-refractivity contribution in [1.82, 2.24) is 0 Å². The number of hydrogen-bond donors (Lipinski definition) is 2. The first-order valence-electron chi connectivity index (χ1n) is 6.68. The maximum Gasteiger partial charge on any atom is 0.0791 e. The van der Waals surface area contributed by atoms with E-state index in [1.54, 1.807) is 0 Å². The minimum Gasteiger partial charge on any atom is -0.393 e. The lowest BCUT2D eigenvalue weighted by molar-refractivity contribution is 0.0755. The largest absolute Gasteiger partial charge is 0.393 e. The van der Waals surface area contributed by atoms with E-state index in [0.717, 1.165) is 18.4 Å². The van der Waals surface area contributed by atoms with Gasteiger partial charge in [0.25, 0.3) is 0 Å². The summed E-state index contributed by atoms with van der Waals surface area (Å²) in [7, 11) is 0. The standard InChI is InChI=1S/C15H22O2/c16-14(12-6-2-1-3-7-12)10-11-15(17)13-8-4-5-9-13/h1-3,6-7,13-17H,4-5,8-11H2. The zero-order chi connectivity index (χ0) is 12.1. The quantitative estimate of drug-likeness (QED) is 0.822. The van der Waals surface area contributed by atoms with Crippen LogP contribution in [0.5, 0.6) is 0 Å². The van der Waals surface area contributed by atoms with E-state index in [0.29, 0.717) is 18.8 Å². The summed E-state index contributed by atoms with van der Waals surface area (Å²) in [4.78, 5) is 0. The summed E-state index contributed by atoms with van der Waals surface area (Å²) in [6.07, 6.45) is 5.52. The highest BCUT2D eigenvalue weighted by atomic mass is 16.3. The molecular formula is C15H22O2. The van der Waals surface area contributed by atoms with Crippen molar-refractivity contribution in [3.05, 3.63) is 35.9 Å². The fourth-order valence-electron chi connectivity index (χ4n) is 2.75. The smallest absolute Gasteiger partial charge is 0.0791 e. The molecule has 0 spiro atoms. The van der Waals surface area contributed by atoms with Crippen LogP contribution in [0.4, 0.5) is 0 Å².